The fraction of sp³-hybridized carbons (Fsp3) is 0.429. The second kappa shape index (κ2) is 7.31. The normalized spacial score (nSPS) is 13.8. The van der Waals surface area contributed by atoms with E-state index in [4.69, 9.17) is 0 Å². The Balaban J connectivity index is 2.30. The van der Waals surface area contributed by atoms with E-state index in [2.05, 4.69) is 36.6 Å². The van der Waals surface area contributed by atoms with Crippen molar-refractivity contribution in [2.45, 2.75) is 32.1 Å². The van der Waals surface area contributed by atoms with Crippen LogP contribution >= 0.6 is 15.9 Å². The van der Waals surface area contributed by atoms with Gasteiger partial charge in [0.05, 0.1) is 5.92 Å². The maximum Gasteiger partial charge on any atom is 0.307 e. The molecule has 0 amide bonds. The first-order valence-corrected chi connectivity index (χ1v) is 7.61. The zero-order chi connectivity index (χ0) is 15.2. The first-order chi connectivity index (χ1) is 10.1. The average Bonchev–Trinajstić information content (AvgIpc) is 2.96. The Labute approximate surface area is 131 Å². The van der Waals surface area contributed by atoms with Gasteiger partial charge in [0.15, 0.2) is 5.82 Å². The number of hydrogen-bond donors (Lipinski definition) is 2. The van der Waals surface area contributed by atoms with E-state index in [1.165, 1.54) is 0 Å². The highest BCUT2D eigenvalue weighted by Gasteiger charge is 2.31. The van der Waals surface area contributed by atoms with Crippen molar-refractivity contribution in [2.24, 2.45) is 5.92 Å². The molecule has 0 saturated heterocycles. The molecule has 1 aromatic carbocycles. The van der Waals surface area contributed by atoms with Gasteiger partial charge in [-0.1, -0.05) is 46.6 Å². The lowest BCUT2D eigenvalue weighted by molar-refractivity contribution is -0.142. The number of halogens is 1. The minimum absolute atomic E-state index is 0.296. The van der Waals surface area contributed by atoms with Crippen LogP contribution in [-0.4, -0.2) is 31.7 Å². The minimum atomic E-state index is -0.818. The average molecular weight is 353 g/mol. The second-order valence-corrected chi connectivity index (χ2v) is 5.86. The summed E-state index contributed by atoms with van der Waals surface area (Å²) in [6.07, 6.45) is 1.95. The van der Waals surface area contributed by atoms with Gasteiger partial charge in [0, 0.05) is 10.4 Å². The summed E-state index contributed by atoms with van der Waals surface area (Å²) < 4.78 is 0.967. The molecule has 0 fully saturated rings. The number of tetrazole rings is 1. The summed E-state index contributed by atoms with van der Waals surface area (Å²) in [5.41, 5.74) is 1.04. The molecule has 1 unspecified atom stereocenters. The molecule has 1 heterocycles. The Hall–Kier alpha value is -1.76. The Bertz CT molecular complexity index is 588. The number of hydrogen-bond acceptors (Lipinski definition) is 4. The molecule has 1 aromatic heterocycles. The van der Waals surface area contributed by atoms with Crippen LogP contribution in [0.5, 0.6) is 0 Å². The monoisotopic (exact) mass is 352 g/mol. The predicted octanol–water partition coefficient (Wildman–Crippen LogP) is 2.79. The van der Waals surface area contributed by atoms with Gasteiger partial charge in [0.1, 0.15) is 0 Å². The lowest BCUT2D eigenvalue weighted by Gasteiger charge is -2.21. The van der Waals surface area contributed by atoms with Crippen LogP contribution < -0.4 is 0 Å². The molecule has 0 saturated carbocycles. The number of carbonyl (C=O) groups is 1. The van der Waals surface area contributed by atoms with Crippen LogP contribution in [0.15, 0.2) is 28.7 Å². The van der Waals surface area contributed by atoms with Gasteiger partial charge in [-0.05, 0) is 30.5 Å². The third-order valence-electron chi connectivity index (χ3n) is 3.44. The van der Waals surface area contributed by atoms with Crippen molar-refractivity contribution in [1.82, 2.24) is 20.6 Å². The van der Waals surface area contributed by atoms with Crippen LogP contribution in [0, 0.1) is 5.92 Å². The Morgan fingerprint density at radius 3 is 2.86 bits per heavy atom. The van der Waals surface area contributed by atoms with E-state index < -0.39 is 11.9 Å². The number of H-pyrrole nitrogens is 1. The van der Waals surface area contributed by atoms with Gasteiger partial charge < -0.3 is 5.11 Å². The number of aliphatic carboxylic acids is 1. The zero-order valence-corrected chi connectivity index (χ0v) is 13.2. The van der Waals surface area contributed by atoms with E-state index in [0.717, 1.165) is 16.5 Å². The van der Waals surface area contributed by atoms with E-state index in [1.807, 2.05) is 31.2 Å². The van der Waals surface area contributed by atoms with E-state index in [0.29, 0.717) is 18.7 Å². The van der Waals surface area contributed by atoms with Gasteiger partial charge >= 0.3 is 5.97 Å². The summed E-state index contributed by atoms with van der Waals surface area (Å²) in [5, 5.41) is 23.5. The third kappa shape index (κ3) is 4.10. The molecular weight excluding hydrogens is 336 g/mol. The number of aromatic nitrogens is 4. The quantitative estimate of drug-likeness (QED) is 0.799. The molecule has 6 nitrogen and oxygen atoms in total. The number of carboxylic acids is 1. The summed E-state index contributed by atoms with van der Waals surface area (Å²) in [5.74, 6) is -1.18. The summed E-state index contributed by atoms with van der Waals surface area (Å²) in [6.45, 7) is 1.97. The molecule has 0 aliphatic rings. The molecule has 0 bridgehead atoms. The van der Waals surface area contributed by atoms with Crippen molar-refractivity contribution in [1.29, 1.82) is 0 Å². The highest BCUT2D eigenvalue weighted by Crippen LogP contribution is 2.30. The summed E-state index contributed by atoms with van der Waals surface area (Å²) in [7, 11) is 0. The van der Waals surface area contributed by atoms with Gasteiger partial charge in [-0.15, -0.1) is 10.2 Å². The summed E-state index contributed by atoms with van der Waals surface area (Å²) >= 11 is 3.43. The van der Waals surface area contributed by atoms with E-state index >= 15 is 0 Å². The molecule has 112 valence electrons. The highest BCUT2D eigenvalue weighted by atomic mass is 79.9. The second-order valence-electron chi connectivity index (χ2n) is 4.94. The number of rotatable bonds is 7. The fourth-order valence-corrected chi connectivity index (χ4v) is 2.91. The number of nitrogens with zero attached hydrogens (tertiary/aromatic N) is 3. The highest BCUT2D eigenvalue weighted by molar-refractivity contribution is 9.10. The lowest BCUT2D eigenvalue weighted by atomic mass is 9.83. The van der Waals surface area contributed by atoms with Gasteiger partial charge in [-0.25, -0.2) is 0 Å². The van der Waals surface area contributed by atoms with Gasteiger partial charge in [0.25, 0.3) is 0 Å². The van der Waals surface area contributed by atoms with Crippen LogP contribution in [0.4, 0.5) is 0 Å². The van der Waals surface area contributed by atoms with E-state index in [1.54, 1.807) is 0 Å². The molecule has 2 aromatic rings. The van der Waals surface area contributed by atoms with Crippen LogP contribution in [0.2, 0.25) is 0 Å². The number of aromatic amines is 1. The van der Waals surface area contributed by atoms with Crippen LogP contribution in [0.3, 0.4) is 0 Å². The zero-order valence-electron chi connectivity index (χ0n) is 11.7. The van der Waals surface area contributed by atoms with Crippen molar-refractivity contribution in [3.63, 3.8) is 0 Å². The van der Waals surface area contributed by atoms with Gasteiger partial charge in [0.2, 0.25) is 0 Å². The third-order valence-corrected chi connectivity index (χ3v) is 3.93. The van der Waals surface area contributed by atoms with Crippen LogP contribution in [-0.2, 0) is 11.2 Å². The standard InChI is InChI=1S/C14H17BrN4O2/c1-2-4-11(14(20)21)12(13-16-18-19-17-13)8-9-5-3-6-10(15)7-9/h3,5-7,11-12H,2,4,8H2,1H3,(H,20,21)(H,16,17,18,19)/t11?,12-/m0/s1. The lowest BCUT2D eigenvalue weighted by Crippen LogP contribution is -2.25. The summed E-state index contributed by atoms with van der Waals surface area (Å²) in [6, 6.07) is 7.83. The topological polar surface area (TPSA) is 91.8 Å². The van der Waals surface area contributed by atoms with Gasteiger partial charge in [-0.2, -0.15) is 5.21 Å². The minimum Gasteiger partial charge on any atom is -0.481 e. The Kier molecular flexibility index (Phi) is 5.44. The molecule has 0 aliphatic carbocycles. The molecule has 0 aliphatic heterocycles. The predicted molar refractivity (Wildman–Crippen MR) is 80.8 cm³/mol. The smallest absolute Gasteiger partial charge is 0.307 e. The Morgan fingerprint density at radius 2 is 2.29 bits per heavy atom. The maximum absolute atomic E-state index is 11.6. The van der Waals surface area contributed by atoms with Crippen LogP contribution in [0.25, 0.3) is 0 Å². The molecule has 21 heavy (non-hydrogen) atoms. The summed E-state index contributed by atoms with van der Waals surface area (Å²) in [4.78, 5) is 11.6. The fourth-order valence-electron chi connectivity index (χ4n) is 2.47. The maximum atomic E-state index is 11.6. The van der Waals surface area contributed by atoms with Crippen molar-refractivity contribution >= 4 is 21.9 Å². The number of benzene rings is 1. The molecular formula is C14H17BrN4O2. The SMILES string of the molecule is CCCC(C(=O)O)[C@H](Cc1cccc(Br)c1)c1nn[nH]n1. The van der Waals surface area contributed by atoms with Crippen molar-refractivity contribution in [3.05, 3.63) is 40.1 Å². The molecule has 2 rings (SSSR count). The van der Waals surface area contributed by atoms with Crippen molar-refractivity contribution in [2.75, 3.05) is 0 Å². The number of nitrogens with one attached hydrogen (secondary N) is 1. The molecule has 2 N–H and O–H groups in total. The molecule has 7 heteroatoms. The van der Waals surface area contributed by atoms with E-state index in [-0.39, 0.29) is 5.92 Å². The first kappa shape index (κ1) is 15.6. The first-order valence-electron chi connectivity index (χ1n) is 6.82. The molecule has 2 atom stereocenters. The number of carboxylic acid groups (broad SMARTS) is 1. The Morgan fingerprint density at radius 1 is 1.48 bits per heavy atom. The molecule has 0 spiro atoms. The molecule has 0 radical (unpaired) electrons. The van der Waals surface area contributed by atoms with Crippen molar-refractivity contribution < 1.29 is 9.90 Å². The van der Waals surface area contributed by atoms with Crippen LogP contribution in [0.1, 0.15) is 37.1 Å². The van der Waals surface area contributed by atoms with Gasteiger partial charge in [-0.3, -0.25) is 4.79 Å². The largest absolute Gasteiger partial charge is 0.481 e. The van der Waals surface area contributed by atoms with Crippen molar-refractivity contribution in [3.8, 4) is 0 Å². The van der Waals surface area contributed by atoms with E-state index in [9.17, 15) is 9.90 Å².